The molecule has 1 atom stereocenters. The zero-order valence-corrected chi connectivity index (χ0v) is 11.2. The number of sulfonamides is 1. The van der Waals surface area contributed by atoms with Gasteiger partial charge in [-0.05, 0) is 25.5 Å². The molecular weight excluding hydrogens is 254 g/mol. The largest absolute Gasteiger partial charge is 0.480 e. The van der Waals surface area contributed by atoms with Gasteiger partial charge in [0, 0.05) is 0 Å². The summed E-state index contributed by atoms with van der Waals surface area (Å²) < 4.78 is 26.1. The first-order valence-electron chi connectivity index (χ1n) is 5.68. The third-order valence-corrected chi connectivity index (χ3v) is 3.99. The smallest absolute Gasteiger partial charge is 0.321 e. The molecule has 0 saturated carbocycles. The van der Waals surface area contributed by atoms with Gasteiger partial charge in [-0.25, -0.2) is 8.42 Å². The van der Waals surface area contributed by atoms with E-state index in [1.807, 2.05) is 6.92 Å². The molecule has 0 saturated heterocycles. The molecule has 0 bridgehead atoms. The molecule has 100 valence electrons. The van der Waals surface area contributed by atoms with E-state index in [0.29, 0.717) is 6.42 Å². The highest BCUT2D eigenvalue weighted by Gasteiger charge is 2.24. The van der Waals surface area contributed by atoms with Crippen molar-refractivity contribution in [1.29, 1.82) is 0 Å². The van der Waals surface area contributed by atoms with Crippen LogP contribution in [-0.4, -0.2) is 25.5 Å². The molecule has 0 aliphatic heterocycles. The Bertz CT molecular complexity index is 507. The average Bonchev–Trinajstić information content (AvgIpc) is 2.28. The lowest BCUT2D eigenvalue weighted by molar-refractivity contribution is -0.139. The molecule has 2 N–H and O–H groups in total. The van der Waals surface area contributed by atoms with E-state index in [1.165, 1.54) is 12.1 Å². The van der Waals surface area contributed by atoms with Crippen molar-refractivity contribution in [1.82, 2.24) is 4.72 Å². The maximum Gasteiger partial charge on any atom is 0.321 e. The van der Waals surface area contributed by atoms with E-state index in [1.54, 1.807) is 19.1 Å². The Morgan fingerprint density at radius 2 is 1.89 bits per heavy atom. The molecule has 0 amide bonds. The van der Waals surface area contributed by atoms with Crippen LogP contribution in [0.15, 0.2) is 29.2 Å². The standard InChI is InChI=1S/C12H17NO4S/c1-3-4-11(12(14)15)13-18(16,17)10-7-5-9(2)6-8-10/h5-8,11,13H,3-4H2,1-2H3,(H,14,15)/t11-/m0/s1. The Labute approximate surface area is 107 Å². The molecule has 0 heterocycles. The molecule has 6 heteroatoms. The monoisotopic (exact) mass is 271 g/mol. The highest BCUT2D eigenvalue weighted by molar-refractivity contribution is 7.89. The van der Waals surface area contributed by atoms with Crippen LogP contribution in [-0.2, 0) is 14.8 Å². The van der Waals surface area contributed by atoms with Gasteiger partial charge in [-0.2, -0.15) is 4.72 Å². The van der Waals surface area contributed by atoms with Crippen LogP contribution in [0.4, 0.5) is 0 Å². The summed E-state index contributed by atoms with van der Waals surface area (Å²) in [5, 5.41) is 8.93. The van der Waals surface area contributed by atoms with Gasteiger partial charge < -0.3 is 5.11 Å². The molecule has 5 nitrogen and oxygen atoms in total. The normalized spacial score (nSPS) is 13.2. The molecule has 0 unspecified atom stereocenters. The van der Waals surface area contributed by atoms with Crippen LogP contribution in [0, 0.1) is 6.92 Å². The molecule has 1 rings (SSSR count). The number of hydrogen-bond acceptors (Lipinski definition) is 3. The summed E-state index contributed by atoms with van der Waals surface area (Å²) in [5.74, 6) is -1.16. The third kappa shape index (κ3) is 3.82. The predicted octanol–water partition coefficient (Wildman–Crippen LogP) is 1.53. The maximum absolute atomic E-state index is 12.0. The van der Waals surface area contributed by atoms with Gasteiger partial charge in [0.25, 0.3) is 0 Å². The lowest BCUT2D eigenvalue weighted by Gasteiger charge is -2.13. The summed E-state index contributed by atoms with van der Waals surface area (Å²) in [7, 11) is -3.77. The fourth-order valence-corrected chi connectivity index (χ4v) is 2.72. The summed E-state index contributed by atoms with van der Waals surface area (Å²) in [4.78, 5) is 11.0. The molecule has 0 spiro atoms. The summed E-state index contributed by atoms with van der Waals surface area (Å²) in [6.45, 7) is 3.65. The lowest BCUT2D eigenvalue weighted by Crippen LogP contribution is -2.40. The Morgan fingerprint density at radius 1 is 1.33 bits per heavy atom. The molecule has 0 aliphatic carbocycles. The van der Waals surface area contributed by atoms with Crippen LogP contribution in [0.3, 0.4) is 0 Å². The van der Waals surface area contributed by atoms with E-state index in [2.05, 4.69) is 4.72 Å². The van der Waals surface area contributed by atoms with Crippen LogP contribution in [0.1, 0.15) is 25.3 Å². The number of carboxylic acids is 1. The van der Waals surface area contributed by atoms with Gasteiger partial charge in [0.1, 0.15) is 6.04 Å². The number of rotatable bonds is 6. The topological polar surface area (TPSA) is 83.5 Å². The summed E-state index contributed by atoms with van der Waals surface area (Å²) in [5.41, 5.74) is 0.942. The van der Waals surface area contributed by atoms with E-state index >= 15 is 0 Å². The van der Waals surface area contributed by atoms with Crippen molar-refractivity contribution in [3.63, 3.8) is 0 Å². The highest BCUT2D eigenvalue weighted by atomic mass is 32.2. The summed E-state index contributed by atoms with van der Waals surface area (Å²) in [6.07, 6.45) is 0.855. The fraction of sp³-hybridized carbons (Fsp3) is 0.417. The van der Waals surface area contributed by atoms with Crippen molar-refractivity contribution in [3.05, 3.63) is 29.8 Å². The molecule has 0 aromatic heterocycles. The Hall–Kier alpha value is -1.40. The maximum atomic E-state index is 12.0. The van der Waals surface area contributed by atoms with Gasteiger partial charge in [-0.1, -0.05) is 31.0 Å². The number of aliphatic carboxylic acids is 1. The zero-order chi connectivity index (χ0) is 13.8. The second-order valence-corrected chi connectivity index (χ2v) is 5.83. The van der Waals surface area contributed by atoms with Crippen molar-refractivity contribution >= 4 is 16.0 Å². The Balaban J connectivity index is 2.93. The Kier molecular flexibility index (Phi) is 4.86. The van der Waals surface area contributed by atoms with Crippen molar-refractivity contribution in [2.45, 2.75) is 37.6 Å². The minimum Gasteiger partial charge on any atom is -0.480 e. The number of carbonyl (C=O) groups is 1. The zero-order valence-electron chi connectivity index (χ0n) is 10.4. The van der Waals surface area contributed by atoms with E-state index in [-0.39, 0.29) is 11.3 Å². The molecule has 1 aromatic carbocycles. The third-order valence-electron chi connectivity index (χ3n) is 2.50. The molecule has 0 radical (unpaired) electrons. The SMILES string of the molecule is CCC[C@H](NS(=O)(=O)c1ccc(C)cc1)C(=O)O. The van der Waals surface area contributed by atoms with Crippen LogP contribution < -0.4 is 4.72 Å². The molecule has 0 aliphatic rings. The van der Waals surface area contributed by atoms with Gasteiger partial charge in [-0.15, -0.1) is 0 Å². The fourth-order valence-electron chi connectivity index (χ4n) is 1.49. The minimum atomic E-state index is -3.77. The van der Waals surface area contributed by atoms with E-state index in [4.69, 9.17) is 5.11 Å². The van der Waals surface area contributed by atoms with Gasteiger partial charge in [0.05, 0.1) is 4.90 Å². The van der Waals surface area contributed by atoms with E-state index < -0.39 is 22.0 Å². The van der Waals surface area contributed by atoms with Crippen molar-refractivity contribution in [3.8, 4) is 0 Å². The number of benzene rings is 1. The number of hydrogen-bond donors (Lipinski definition) is 2. The molecule has 1 aromatic rings. The van der Waals surface area contributed by atoms with E-state index in [9.17, 15) is 13.2 Å². The first kappa shape index (κ1) is 14.7. The average molecular weight is 271 g/mol. The number of carboxylic acid groups (broad SMARTS) is 1. The van der Waals surface area contributed by atoms with Gasteiger partial charge in [0.2, 0.25) is 10.0 Å². The molecular formula is C12H17NO4S. The van der Waals surface area contributed by atoms with Gasteiger partial charge >= 0.3 is 5.97 Å². The second kappa shape index (κ2) is 5.97. The van der Waals surface area contributed by atoms with Crippen LogP contribution in [0.2, 0.25) is 0 Å². The Morgan fingerprint density at radius 3 is 2.33 bits per heavy atom. The lowest BCUT2D eigenvalue weighted by atomic mass is 10.2. The minimum absolute atomic E-state index is 0.0791. The quantitative estimate of drug-likeness (QED) is 0.821. The first-order valence-corrected chi connectivity index (χ1v) is 7.17. The predicted molar refractivity (Wildman–Crippen MR) is 67.8 cm³/mol. The molecule has 0 fully saturated rings. The second-order valence-electron chi connectivity index (χ2n) is 4.11. The van der Waals surface area contributed by atoms with Gasteiger partial charge in [-0.3, -0.25) is 4.79 Å². The summed E-state index contributed by atoms with van der Waals surface area (Å²) in [6, 6.07) is 5.18. The summed E-state index contributed by atoms with van der Waals surface area (Å²) >= 11 is 0. The van der Waals surface area contributed by atoms with Crippen LogP contribution in [0.5, 0.6) is 0 Å². The number of nitrogens with one attached hydrogen (secondary N) is 1. The molecule has 18 heavy (non-hydrogen) atoms. The van der Waals surface area contributed by atoms with Gasteiger partial charge in [0.15, 0.2) is 0 Å². The number of aryl methyl sites for hydroxylation is 1. The highest BCUT2D eigenvalue weighted by Crippen LogP contribution is 2.11. The van der Waals surface area contributed by atoms with Crippen LogP contribution in [0.25, 0.3) is 0 Å². The van der Waals surface area contributed by atoms with Crippen molar-refractivity contribution in [2.24, 2.45) is 0 Å². The van der Waals surface area contributed by atoms with Crippen molar-refractivity contribution in [2.75, 3.05) is 0 Å². The van der Waals surface area contributed by atoms with Crippen LogP contribution >= 0.6 is 0 Å². The van der Waals surface area contributed by atoms with E-state index in [0.717, 1.165) is 5.56 Å². The first-order chi connectivity index (χ1) is 8.36. The van der Waals surface area contributed by atoms with Crippen molar-refractivity contribution < 1.29 is 18.3 Å².